The van der Waals surface area contributed by atoms with E-state index in [0.717, 1.165) is 17.4 Å². The number of aryl methyl sites for hydroxylation is 1. The first-order valence-corrected chi connectivity index (χ1v) is 9.57. The molecule has 0 N–H and O–H groups in total. The zero-order chi connectivity index (χ0) is 22.3. The van der Waals surface area contributed by atoms with Crippen molar-refractivity contribution in [1.29, 1.82) is 0 Å². The summed E-state index contributed by atoms with van der Waals surface area (Å²) in [6.07, 6.45) is -4.28. The Morgan fingerprint density at radius 3 is 1.87 bits per heavy atom. The number of hydrogen-bond acceptors (Lipinski definition) is 0. The highest BCUT2D eigenvalue weighted by Crippen LogP contribution is 2.36. The highest BCUT2D eigenvalue weighted by Gasteiger charge is 2.37. The molecule has 158 valence electrons. The molecule has 0 radical (unpaired) electrons. The lowest BCUT2D eigenvalue weighted by Gasteiger charge is -2.12. The number of halogens is 6. The molecule has 0 aliphatic carbocycles. The van der Waals surface area contributed by atoms with Crippen molar-refractivity contribution in [2.75, 3.05) is 0 Å². The van der Waals surface area contributed by atoms with Gasteiger partial charge in [0.15, 0.2) is 0 Å². The molecule has 0 aliphatic heterocycles. The maximum Gasteiger partial charge on any atom is 0.422 e. The van der Waals surface area contributed by atoms with E-state index < -0.39 is 23.4 Å². The summed E-state index contributed by atoms with van der Waals surface area (Å²) >= 11 is 0. The topological polar surface area (TPSA) is 0 Å². The zero-order valence-electron chi connectivity index (χ0n) is 16.3. The van der Waals surface area contributed by atoms with Crippen LogP contribution in [0.1, 0.15) is 18.1 Å². The average Bonchev–Trinajstić information content (AvgIpc) is 2.72. The van der Waals surface area contributed by atoms with E-state index >= 15 is 4.39 Å². The Bertz CT molecular complexity index is 1250. The Balaban J connectivity index is 1.71. The highest BCUT2D eigenvalue weighted by molar-refractivity contribution is 5.89. The fraction of sp³-hybridized carbons (Fsp3) is 0.120. The van der Waals surface area contributed by atoms with Gasteiger partial charge in [-0.2, -0.15) is 13.2 Å². The Hall–Kier alpha value is -3.28. The minimum absolute atomic E-state index is 0.0411. The second-order valence-electron chi connectivity index (χ2n) is 7.23. The number of fused-ring (bicyclic) bond motifs is 1. The predicted molar refractivity (Wildman–Crippen MR) is 109 cm³/mol. The van der Waals surface area contributed by atoms with Gasteiger partial charge in [-0.3, -0.25) is 0 Å². The summed E-state index contributed by atoms with van der Waals surface area (Å²) in [6.45, 7) is 2.02. The van der Waals surface area contributed by atoms with Gasteiger partial charge in [0, 0.05) is 10.9 Å². The molecule has 0 amide bonds. The van der Waals surface area contributed by atoms with Crippen LogP contribution in [-0.2, 0) is 12.6 Å². The molecule has 6 heteroatoms. The number of alkyl halides is 3. The van der Waals surface area contributed by atoms with Gasteiger partial charge in [0.1, 0.15) is 23.0 Å². The lowest BCUT2D eigenvalue weighted by molar-refractivity contribution is -0.142. The van der Waals surface area contributed by atoms with Crippen molar-refractivity contribution in [2.45, 2.75) is 19.5 Å². The van der Waals surface area contributed by atoms with Gasteiger partial charge in [-0.05, 0) is 46.2 Å². The molecule has 0 atom stereocenters. The van der Waals surface area contributed by atoms with Gasteiger partial charge in [-0.15, -0.1) is 0 Å². The summed E-state index contributed by atoms with van der Waals surface area (Å²) in [5.41, 5.74) is 0.339. The summed E-state index contributed by atoms with van der Waals surface area (Å²) in [5.74, 6) is -3.75. The molecule has 0 saturated carbocycles. The van der Waals surface area contributed by atoms with Gasteiger partial charge >= 0.3 is 6.18 Å². The van der Waals surface area contributed by atoms with Crippen LogP contribution in [0.15, 0.2) is 66.7 Å². The standard InChI is InChI=1S/C25H16F6/c1-2-14-3-9-20-17(11-14)8-10-19(24(20)28)16-6-4-15(5-7-16)18-12-21(26)23(22(27)13-18)25(29,30)31/h3-13H,2H2,1H3. The summed E-state index contributed by atoms with van der Waals surface area (Å²) < 4.78 is 81.1. The van der Waals surface area contributed by atoms with Crippen molar-refractivity contribution in [3.63, 3.8) is 0 Å². The Kier molecular flexibility index (Phi) is 5.25. The van der Waals surface area contributed by atoms with E-state index in [1.54, 1.807) is 24.3 Å². The number of rotatable bonds is 3. The molecule has 31 heavy (non-hydrogen) atoms. The molecule has 0 nitrogen and oxygen atoms in total. The van der Waals surface area contributed by atoms with Crippen molar-refractivity contribution in [2.24, 2.45) is 0 Å². The molecule has 4 aromatic carbocycles. The van der Waals surface area contributed by atoms with E-state index in [1.165, 1.54) is 12.1 Å². The van der Waals surface area contributed by atoms with Crippen LogP contribution in [0.4, 0.5) is 26.3 Å². The van der Waals surface area contributed by atoms with Crippen LogP contribution in [-0.4, -0.2) is 0 Å². The first-order chi connectivity index (χ1) is 14.7. The molecule has 0 unspecified atom stereocenters. The van der Waals surface area contributed by atoms with Crippen LogP contribution in [0.25, 0.3) is 33.0 Å². The lowest BCUT2D eigenvalue weighted by Crippen LogP contribution is -2.11. The van der Waals surface area contributed by atoms with Crippen molar-refractivity contribution in [3.8, 4) is 22.3 Å². The maximum absolute atomic E-state index is 15.1. The second kappa shape index (κ2) is 7.76. The van der Waals surface area contributed by atoms with Crippen LogP contribution in [0, 0.1) is 17.5 Å². The molecule has 0 aromatic heterocycles. The van der Waals surface area contributed by atoms with Crippen molar-refractivity contribution in [3.05, 3.63) is 95.3 Å². The van der Waals surface area contributed by atoms with Crippen LogP contribution < -0.4 is 0 Å². The monoisotopic (exact) mass is 430 g/mol. The highest BCUT2D eigenvalue weighted by atomic mass is 19.4. The lowest BCUT2D eigenvalue weighted by atomic mass is 9.96. The predicted octanol–water partition coefficient (Wildman–Crippen LogP) is 8.17. The Morgan fingerprint density at radius 2 is 1.29 bits per heavy atom. The first kappa shape index (κ1) is 21.0. The third-order valence-electron chi connectivity index (χ3n) is 5.28. The summed E-state index contributed by atoms with van der Waals surface area (Å²) in [4.78, 5) is 0. The van der Waals surface area contributed by atoms with E-state index in [1.807, 2.05) is 25.1 Å². The van der Waals surface area contributed by atoms with Crippen LogP contribution in [0.5, 0.6) is 0 Å². The molecule has 0 fully saturated rings. The van der Waals surface area contributed by atoms with Gasteiger partial charge in [0.25, 0.3) is 0 Å². The molecule has 0 heterocycles. The largest absolute Gasteiger partial charge is 0.422 e. The van der Waals surface area contributed by atoms with Gasteiger partial charge in [0.05, 0.1) is 0 Å². The fourth-order valence-corrected chi connectivity index (χ4v) is 3.64. The smallest absolute Gasteiger partial charge is 0.206 e. The minimum Gasteiger partial charge on any atom is -0.206 e. The van der Waals surface area contributed by atoms with E-state index in [-0.39, 0.29) is 11.4 Å². The van der Waals surface area contributed by atoms with E-state index in [2.05, 4.69) is 0 Å². The molecular weight excluding hydrogens is 414 g/mol. The zero-order valence-corrected chi connectivity index (χ0v) is 16.3. The minimum atomic E-state index is -5.12. The number of hydrogen-bond donors (Lipinski definition) is 0. The van der Waals surface area contributed by atoms with Gasteiger partial charge < -0.3 is 0 Å². The average molecular weight is 430 g/mol. The van der Waals surface area contributed by atoms with Gasteiger partial charge in [-0.25, -0.2) is 13.2 Å². The Morgan fingerprint density at radius 1 is 0.677 bits per heavy atom. The Labute approximate surface area is 174 Å². The van der Waals surface area contributed by atoms with Crippen LogP contribution in [0.2, 0.25) is 0 Å². The maximum atomic E-state index is 15.1. The molecule has 0 saturated heterocycles. The fourth-order valence-electron chi connectivity index (χ4n) is 3.64. The molecule has 0 bridgehead atoms. The molecule has 4 aromatic rings. The van der Waals surface area contributed by atoms with E-state index in [9.17, 15) is 22.0 Å². The molecule has 4 rings (SSSR count). The van der Waals surface area contributed by atoms with Gasteiger partial charge in [0.2, 0.25) is 0 Å². The normalized spacial score (nSPS) is 11.8. The first-order valence-electron chi connectivity index (χ1n) is 9.57. The third kappa shape index (κ3) is 3.90. The van der Waals surface area contributed by atoms with Crippen molar-refractivity contribution in [1.82, 2.24) is 0 Å². The SMILES string of the molecule is CCc1ccc2c(F)c(-c3ccc(-c4cc(F)c(C(F)(F)F)c(F)c4)cc3)ccc2c1. The van der Waals surface area contributed by atoms with E-state index in [0.29, 0.717) is 34.2 Å². The molecular formula is C25H16F6. The number of benzene rings is 4. The third-order valence-corrected chi connectivity index (χ3v) is 5.28. The van der Waals surface area contributed by atoms with E-state index in [4.69, 9.17) is 0 Å². The van der Waals surface area contributed by atoms with Crippen molar-refractivity contribution >= 4 is 10.8 Å². The molecule has 0 spiro atoms. The van der Waals surface area contributed by atoms with Crippen molar-refractivity contribution < 1.29 is 26.3 Å². The van der Waals surface area contributed by atoms with Crippen LogP contribution >= 0.6 is 0 Å². The van der Waals surface area contributed by atoms with Crippen LogP contribution in [0.3, 0.4) is 0 Å². The second-order valence-corrected chi connectivity index (χ2v) is 7.23. The summed E-state index contributed by atoms with van der Waals surface area (Å²) in [5, 5.41) is 1.26. The van der Waals surface area contributed by atoms with Gasteiger partial charge in [-0.1, -0.05) is 61.5 Å². The quantitative estimate of drug-likeness (QED) is 0.288. The summed E-state index contributed by atoms with van der Waals surface area (Å²) in [7, 11) is 0. The molecule has 0 aliphatic rings. The summed E-state index contributed by atoms with van der Waals surface area (Å²) in [6, 6.07) is 16.4.